The van der Waals surface area contributed by atoms with Crippen molar-refractivity contribution in [3.05, 3.63) is 22.6 Å². The van der Waals surface area contributed by atoms with Crippen molar-refractivity contribution in [2.24, 2.45) is 17.8 Å². The van der Waals surface area contributed by atoms with Crippen LogP contribution in [0.4, 0.5) is 0 Å². The van der Waals surface area contributed by atoms with E-state index in [9.17, 15) is 0 Å². The zero-order valence-electron chi connectivity index (χ0n) is 12.1. The maximum Gasteiger partial charge on any atom is 0.00742 e. The predicted molar refractivity (Wildman–Crippen MR) is 81.3 cm³/mol. The van der Waals surface area contributed by atoms with E-state index in [1.165, 1.54) is 25.0 Å². The number of rotatable bonds is 6. The van der Waals surface area contributed by atoms with Gasteiger partial charge in [-0.25, -0.2) is 0 Å². The minimum Gasteiger partial charge on any atom is -0.130 e. The first kappa shape index (κ1) is 14.9. The number of hydrogen-bond acceptors (Lipinski definition) is 1. The zero-order valence-corrected chi connectivity index (χ0v) is 12.9. The smallest absolute Gasteiger partial charge is 0.00742 e. The summed E-state index contributed by atoms with van der Waals surface area (Å²) in [5, 5.41) is 0. The standard InChI is InChI=1S/C16H28S/c1-12(2)8-6-7-9-17-16-11-13(3)10-14(4)15(16)5/h10-13,15H,6-9H2,1-5H3. The number of allylic oxidation sites excluding steroid dienone is 4. The van der Waals surface area contributed by atoms with Gasteiger partial charge >= 0.3 is 0 Å². The summed E-state index contributed by atoms with van der Waals surface area (Å²) < 4.78 is 0. The lowest BCUT2D eigenvalue weighted by Gasteiger charge is -2.23. The summed E-state index contributed by atoms with van der Waals surface area (Å²) in [4.78, 5) is 1.60. The van der Waals surface area contributed by atoms with Gasteiger partial charge in [0.1, 0.15) is 0 Å². The van der Waals surface area contributed by atoms with Crippen LogP contribution in [0.3, 0.4) is 0 Å². The summed E-state index contributed by atoms with van der Waals surface area (Å²) >= 11 is 2.08. The van der Waals surface area contributed by atoms with Gasteiger partial charge in [-0.1, -0.05) is 58.3 Å². The van der Waals surface area contributed by atoms with Crippen molar-refractivity contribution in [1.29, 1.82) is 0 Å². The maximum absolute atomic E-state index is 2.45. The Hall–Kier alpha value is -0.170. The molecule has 0 N–H and O–H groups in total. The summed E-state index contributed by atoms with van der Waals surface area (Å²) in [6, 6.07) is 0. The van der Waals surface area contributed by atoms with Crippen molar-refractivity contribution in [1.82, 2.24) is 0 Å². The molecule has 0 aromatic rings. The summed E-state index contributed by atoms with van der Waals surface area (Å²) in [5.74, 6) is 3.44. The molecular formula is C16H28S. The van der Waals surface area contributed by atoms with Gasteiger partial charge in [0.25, 0.3) is 0 Å². The monoisotopic (exact) mass is 252 g/mol. The average molecular weight is 252 g/mol. The highest BCUT2D eigenvalue weighted by Gasteiger charge is 2.16. The molecule has 0 amide bonds. The second kappa shape index (κ2) is 7.31. The van der Waals surface area contributed by atoms with Crippen molar-refractivity contribution in [3.63, 3.8) is 0 Å². The molecule has 0 saturated heterocycles. The highest BCUT2D eigenvalue weighted by Crippen LogP contribution is 2.35. The van der Waals surface area contributed by atoms with Gasteiger partial charge in [-0.05, 0) is 35.8 Å². The third-order valence-corrected chi connectivity index (χ3v) is 4.82. The van der Waals surface area contributed by atoms with Crippen LogP contribution in [-0.2, 0) is 0 Å². The van der Waals surface area contributed by atoms with Crippen LogP contribution in [0.15, 0.2) is 22.6 Å². The molecule has 1 heteroatoms. The number of unbranched alkanes of at least 4 members (excludes halogenated alkanes) is 1. The van der Waals surface area contributed by atoms with Crippen LogP contribution in [0, 0.1) is 17.8 Å². The quantitative estimate of drug-likeness (QED) is 0.434. The number of thioether (sulfide) groups is 1. The predicted octanol–water partition coefficient (Wildman–Crippen LogP) is 5.66. The molecule has 17 heavy (non-hydrogen) atoms. The van der Waals surface area contributed by atoms with E-state index in [1.807, 2.05) is 0 Å². The molecule has 1 aliphatic rings. The molecule has 0 fully saturated rings. The highest BCUT2D eigenvalue weighted by molar-refractivity contribution is 8.03. The van der Waals surface area contributed by atoms with Gasteiger partial charge in [-0.2, -0.15) is 0 Å². The van der Waals surface area contributed by atoms with E-state index in [0.29, 0.717) is 11.8 Å². The zero-order chi connectivity index (χ0) is 12.8. The van der Waals surface area contributed by atoms with E-state index in [-0.39, 0.29) is 0 Å². The fourth-order valence-electron chi connectivity index (χ4n) is 2.25. The minimum atomic E-state index is 0.629. The summed E-state index contributed by atoms with van der Waals surface area (Å²) in [7, 11) is 0. The molecular weight excluding hydrogens is 224 g/mol. The third kappa shape index (κ3) is 5.33. The molecule has 0 aromatic carbocycles. The lowest BCUT2D eigenvalue weighted by atomic mass is 9.91. The van der Waals surface area contributed by atoms with Crippen molar-refractivity contribution in [2.45, 2.75) is 53.9 Å². The van der Waals surface area contributed by atoms with E-state index in [2.05, 4.69) is 58.5 Å². The molecule has 0 aliphatic heterocycles. The van der Waals surface area contributed by atoms with E-state index < -0.39 is 0 Å². The first-order chi connectivity index (χ1) is 8.00. The molecule has 0 nitrogen and oxygen atoms in total. The maximum atomic E-state index is 2.45. The Kier molecular flexibility index (Phi) is 6.40. The highest BCUT2D eigenvalue weighted by atomic mass is 32.2. The average Bonchev–Trinajstić information content (AvgIpc) is 2.23. The van der Waals surface area contributed by atoms with Gasteiger partial charge in [-0.3, -0.25) is 0 Å². The molecule has 98 valence electrons. The van der Waals surface area contributed by atoms with Crippen molar-refractivity contribution >= 4 is 11.8 Å². The normalized spacial score (nSPS) is 24.8. The second-order valence-corrected chi connectivity index (χ2v) is 6.97. The molecule has 1 rings (SSSR count). The van der Waals surface area contributed by atoms with Crippen LogP contribution in [0.5, 0.6) is 0 Å². The second-order valence-electron chi connectivity index (χ2n) is 5.80. The van der Waals surface area contributed by atoms with Gasteiger partial charge in [0, 0.05) is 5.92 Å². The molecule has 0 bridgehead atoms. The molecule has 0 saturated carbocycles. The fraction of sp³-hybridized carbons (Fsp3) is 0.750. The van der Waals surface area contributed by atoms with Crippen LogP contribution >= 0.6 is 11.8 Å². The van der Waals surface area contributed by atoms with Gasteiger partial charge in [0.2, 0.25) is 0 Å². The molecule has 2 unspecified atom stereocenters. The van der Waals surface area contributed by atoms with Crippen molar-refractivity contribution in [2.75, 3.05) is 5.75 Å². The molecule has 0 spiro atoms. The Morgan fingerprint density at radius 3 is 2.53 bits per heavy atom. The Morgan fingerprint density at radius 1 is 1.18 bits per heavy atom. The molecule has 0 aromatic heterocycles. The Labute approximate surface area is 112 Å². The minimum absolute atomic E-state index is 0.629. The van der Waals surface area contributed by atoms with Gasteiger partial charge in [-0.15, -0.1) is 11.8 Å². The van der Waals surface area contributed by atoms with Gasteiger partial charge in [0.15, 0.2) is 0 Å². The lowest BCUT2D eigenvalue weighted by Crippen LogP contribution is -2.07. The number of hydrogen-bond donors (Lipinski definition) is 0. The largest absolute Gasteiger partial charge is 0.130 e. The first-order valence-electron chi connectivity index (χ1n) is 7.03. The Bertz CT molecular complexity index is 286. The van der Waals surface area contributed by atoms with Crippen molar-refractivity contribution < 1.29 is 0 Å². The summed E-state index contributed by atoms with van der Waals surface area (Å²) in [6.07, 6.45) is 8.98. The Morgan fingerprint density at radius 2 is 1.88 bits per heavy atom. The Balaban J connectivity index is 2.27. The van der Waals surface area contributed by atoms with Crippen molar-refractivity contribution in [3.8, 4) is 0 Å². The first-order valence-corrected chi connectivity index (χ1v) is 8.02. The van der Waals surface area contributed by atoms with Crippen LogP contribution < -0.4 is 0 Å². The summed E-state index contributed by atoms with van der Waals surface area (Å²) in [6.45, 7) is 11.5. The summed E-state index contributed by atoms with van der Waals surface area (Å²) in [5.41, 5.74) is 1.55. The van der Waals surface area contributed by atoms with Crippen LogP contribution in [0.2, 0.25) is 0 Å². The van der Waals surface area contributed by atoms with Crippen LogP contribution in [0.25, 0.3) is 0 Å². The van der Waals surface area contributed by atoms with Gasteiger partial charge in [0.05, 0.1) is 0 Å². The molecule has 2 atom stereocenters. The van der Waals surface area contributed by atoms with Gasteiger partial charge < -0.3 is 0 Å². The third-order valence-electron chi connectivity index (χ3n) is 3.51. The topological polar surface area (TPSA) is 0 Å². The van der Waals surface area contributed by atoms with E-state index in [0.717, 1.165) is 5.92 Å². The van der Waals surface area contributed by atoms with Crippen LogP contribution in [0.1, 0.15) is 53.9 Å². The fourth-order valence-corrected chi connectivity index (χ4v) is 3.58. The molecule has 0 radical (unpaired) electrons. The lowest BCUT2D eigenvalue weighted by molar-refractivity contribution is 0.551. The van der Waals surface area contributed by atoms with E-state index in [1.54, 1.807) is 10.5 Å². The molecule has 0 heterocycles. The molecule has 1 aliphatic carbocycles. The SMILES string of the molecule is CC1=CC(C)C=C(SCCCCC(C)C)C1C. The van der Waals surface area contributed by atoms with E-state index in [4.69, 9.17) is 0 Å². The van der Waals surface area contributed by atoms with E-state index >= 15 is 0 Å². The van der Waals surface area contributed by atoms with Crippen LogP contribution in [-0.4, -0.2) is 5.75 Å².